The standard InChI is InChI=1S/C7H10S/c1-6(2)7-4-3-5-8-7/h3,5,7H,1,4H2,2H3. The van der Waals surface area contributed by atoms with Crippen molar-refractivity contribution < 1.29 is 0 Å². The van der Waals surface area contributed by atoms with Crippen LogP contribution < -0.4 is 0 Å². The predicted octanol–water partition coefficient (Wildman–Crippen LogP) is 2.58. The van der Waals surface area contributed by atoms with Crippen molar-refractivity contribution >= 4 is 11.8 Å². The Morgan fingerprint density at radius 2 is 2.62 bits per heavy atom. The minimum absolute atomic E-state index is 0.676. The van der Waals surface area contributed by atoms with Crippen molar-refractivity contribution in [3.63, 3.8) is 0 Å². The van der Waals surface area contributed by atoms with Crippen LogP contribution in [0.2, 0.25) is 0 Å². The smallest absolute Gasteiger partial charge is 0.0327 e. The van der Waals surface area contributed by atoms with Gasteiger partial charge in [-0.25, -0.2) is 0 Å². The first-order valence-electron chi connectivity index (χ1n) is 2.76. The van der Waals surface area contributed by atoms with Gasteiger partial charge in [0.05, 0.1) is 0 Å². The third kappa shape index (κ3) is 1.16. The minimum Gasteiger partial charge on any atom is -0.126 e. The van der Waals surface area contributed by atoms with Gasteiger partial charge in [0.15, 0.2) is 0 Å². The average molecular weight is 126 g/mol. The minimum atomic E-state index is 0.676. The maximum atomic E-state index is 3.88. The van der Waals surface area contributed by atoms with Crippen molar-refractivity contribution in [2.75, 3.05) is 0 Å². The molecule has 0 amide bonds. The van der Waals surface area contributed by atoms with E-state index in [-0.39, 0.29) is 0 Å². The zero-order valence-corrected chi connectivity index (χ0v) is 5.87. The van der Waals surface area contributed by atoms with Gasteiger partial charge in [0, 0.05) is 5.25 Å². The summed E-state index contributed by atoms with van der Waals surface area (Å²) in [6, 6.07) is 0. The highest BCUT2D eigenvalue weighted by Gasteiger charge is 2.09. The molecular formula is C7H10S. The molecule has 0 spiro atoms. The molecule has 0 aromatic rings. The molecule has 1 aliphatic rings. The molecule has 0 aliphatic carbocycles. The van der Waals surface area contributed by atoms with Gasteiger partial charge in [-0.2, -0.15) is 0 Å². The van der Waals surface area contributed by atoms with Crippen LogP contribution in [0.4, 0.5) is 0 Å². The van der Waals surface area contributed by atoms with Crippen LogP contribution in [0.15, 0.2) is 23.6 Å². The number of thioether (sulfide) groups is 1. The molecule has 0 N–H and O–H groups in total. The van der Waals surface area contributed by atoms with Crippen LogP contribution in [0.3, 0.4) is 0 Å². The summed E-state index contributed by atoms with van der Waals surface area (Å²) in [7, 11) is 0. The first-order chi connectivity index (χ1) is 3.80. The lowest BCUT2D eigenvalue weighted by atomic mass is 10.2. The topological polar surface area (TPSA) is 0 Å². The highest BCUT2D eigenvalue weighted by molar-refractivity contribution is 8.03. The van der Waals surface area contributed by atoms with E-state index in [1.54, 1.807) is 0 Å². The van der Waals surface area contributed by atoms with Crippen molar-refractivity contribution in [2.45, 2.75) is 18.6 Å². The van der Waals surface area contributed by atoms with Crippen LogP contribution in [0.25, 0.3) is 0 Å². The second-order valence-electron chi connectivity index (χ2n) is 2.08. The van der Waals surface area contributed by atoms with Crippen molar-refractivity contribution in [3.8, 4) is 0 Å². The lowest BCUT2D eigenvalue weighted by Crippen LogP contribution is -1.95. The molecule has 1 rings (SSSR count). The van der Waals surface area contributed by atoms with Crippen molar-refractivity contribution in [1.82, 2.24) is 0 Å². The van der Waals surface area contributed by atoms with Crippen molar-refractivity contribution in [2.24, 2.45) is 0 Å². The van der Waals surface area contributed by atoms with Crippen LogP contribution in [-0.4, -0.2) is 5.25 Å². The summed E-state index contributed by atoms with van der Waals surface area (Å²) in [5.74, 6) is 0. The second kappa shape index (κ2) is 2.40. The van der Waals surface area contributed by atoms with Crippen LogP contribution >= 0.6 is 11.8 Å². The lowest BCUT2D eigenvalue weighted by molar-refractivity contribution is 1.02. The first-order valence-corrected chi connectivity index (χ1v) is 3.71. The largest absolute Gasteiger partial charge is 0.126 e. The first kappa shape index (κ1) is 5.96. The Bertz CT molecular complexity index is 116. The molecular weight excluding hydrogens is 116 g/mol. The van der Waals surface area contributed by atoms with Gasteiger partial charge in [-0.1, -0.05) is 18.2 Å². The summed E-state index contributed by atoms with van der Waals surface area (Å²) in [5, 5.41) is 2.83. The van der Waals surface area contributed by atoms with Gasteiger partial charge in [-0.3, -0.25) is 0 Å². The Labute approximate surface area is 54.7 Å². The molecule has 1 aliphatic heterocycles. The fourth-order valence-electron chi connectivity index (χ4n) is 0.702. The van der Waals surface area contributed by atoms with E-state index >= 15 is 0 Å². The molecule has 0 aromatic carbocycles. The molecule has 1 heterocycles. The number of allylic oxidation sites excluding steroid dienone is 1. The number of hydrogen-bond donors (Lipinski definition) is 0. The Hall–Kier alpha value is -0.170. The molecule has 0 saturated carbocycles. The van der Waals surface area contributed by atoms with Gasteiger partial charge in [0.2, 0.25) is 0 Å². The van der Waals surface area contributed by atoms with Gasteiger partial charge >= 0.3 is 0 Å². The molecule has 0 nitrogen and oxygen atoms in total. The van der Waals surface area contributed by atoms with E-state index in [2.05, 4.69) is 25.0 Å². The van der Waals surface area contributed by atoms with Crippen LogP contribution in [0.1, 0.15) is 13.3 Å². The predicted molar refractivity (Wildman–Crippen MR) is 40.0 cm³/mol. The maximum Gasteiger partial charge on any atom is 0.0327 e. The van der Waals surface area contributed by atoms with E-state index in [0.717, 1.165) is 0 Å². The van der Waals surface area contributed by atoms with Crippen molar-refractivity contribution in [3.05, 3.63) is 23.6 Å². The second-order valence-corrected chi connectivity index (χ2v) is 3.19. The fourth-order valence-corrected chi connectivity index (χ4v) is 1.57. The normalized spacial score (nSPS) is 26.4. The van der Waals surface area contributed by atoms with Crippen LogP contribution in [0, 0.1) is 0 Å². The molecule has 0 aromatic heterocycles. The molecule has 0 saturated heterocycles. The van der Waals surface area contributed by atoms with E-state index in [0.29, 0.717) is 5.25 Å². The molecule has 0 bridgehead atoms. The summed E-state index contributed by atoms with van der Waals surface area (Å²) < 4.78 is 0. The van der Waals surface area contributed by atoms with Crippen LogP contribution in [0.5, 0.6) is 0 Å². The average Bonchev–Trinajstić information content (AvgIpc) is 2.12. The van der Waals surface area contributed by atoms with E-state index in [4.69, 9.17) is 0 Å². The quantitative estimate of drug-likeness (QED) is 0.487. The SMILES string of the molecule is C=C(C)C1CC=CS1. The third-order valence-corrected chi connectivity index (χ3v) is 2.51. The monoisotopic (exact) mass is 126 g/mol. The lowest BCUT2D eigenvalue weighted by Gasteiger charge is -2.04. The molecule has 1 unspecified atom stereocenters. The zero-order valence-electron chi connectivity index (χ0n) is 5.05. The summed E-state index contributed by atoms with van der Waals surface area (Å²) in [4.78, 5) is 0. The number of hydrogen-bond acceptors (Lipinski definition) is 1. The molecule has 0 fully saturated rings. The van der Waals surface area contributed by atoms with Crippen LogP contribution in [-0.2, 0) is 0 Å². The summed E-state index contributed by atoms with van der Waals surface area (Å²) in [6.07, 6.45) is 3.38. The van der Waals surface area contributed by atoms with Gasteiger partial charge in [0.25, 0.3) is 0 Å². The Morgan fingerprint density at radius 3 is 2.88 bits per heavy atom. The highest BCUT2D eigenvalue weighted by Crippen LogP contribution is 2.28. The molecule has 8 heavy (non-hydrogen) atoms. The molecule has 1 atom stereocenters. The fraction of sp³-hybridized carbons (Fsp3) is 0.429. The highest BCUT2D eigenvalue weighted by atomic mass is 32.2. The summed E-state index contributed by atoms with van der Waals surface area (Å²) >= 11 is 1.87. The van der Waals surface area contributed by atoms with Gasteiger partial charge in [0.1, 0.15) is 0 Å². The van der Waals surface area contributed by atoms with Crippen molar-refractivity contribution in [1.29, 1.82) is 0 Å². The van der Waals surface area contributed by atoms with E-state index in [1.807, 2.05) is 11.8 Å². The van der Waals surface area contributed by atoms with E-state index in [9.17, 15) is 0 Å². The molecule has 1 heteroatoms. The molecule has 44 valence electrons. The van der Waals surface area contributed by atoms with Gasteiger partial charge in [-0.15, -0.1) is 11.8 Å². The van der Waals surface area contributed by atoms with Gasteiger partial charge < -0.3 is 0 Å². The van der Waals surface area contributed by atoms with E-state index in [1.165, 1.54) is 12.0 Å². The van der Waals surface area contributed by atoms with Gasteiger partial charge in [-0.05, 0) is 18.8 Å². The third-order valence-electron chi connectivity index (χ3n) is 1.24. The van der Waals surface area contributed by atoms with E-state index < -0.39 is 0 Å². The Balaban J connectivity index is 2.41. The Kier molecular flexibility index (Phi) is 1.79. The molecule has 0 radical (unpaired) electrons. The summed E-state index contributed by atoms with van der Waals surface area (Å²) in [5.41, 5.74) is 1.29. The maximum absolute atomic E-state index is 3.88. The zero-order chi connectivity index (χ0) is 5.98. The summed E-state index contributed by atoms with van der Waals surface area (Å²) in [6.45, 7) is 5.96. The number of rotatable bonds is 1. The Morgan fingerprint density at radius 1 is 1.88 bits per heavy atom.